The highest BCUT2D eigenvalue weighted by atomic mass is 16.5. The van der Waals surface area contributed by atoms with E-state index in [0.29, 0.717) is 24.1 Å². The summed E-state index contributed by atoms with van der Waals surface area (Å²) >= 11 is 0. The van der Waals surface area contributed by atoms with Crippen molar-refractivity contribution in [2.24, 2.45) is 21.7 Å². The van der Waals surface area contributed by atoms with E-state index in [-0.39, 0.29) is 51.9 Å². The zero-order valence-electron chi connectivity index (χ0n) is 35.1. The van der Waals surface area contributed by atoms with Crippen LogP contribution in [0, 0.1) is 21.7 Å². The normalized spacial score (nSPS) is 29.1. The fraction of sp³-hybridized carbons (Fsp3) is 0.930. The molecule has 0 radical (unpaired) electrons. The van der Waals surface area contributed by atoms with Gasteiger partial charge in [0.2, 0.25) is 11.9 Å². The molecular weight excluding hydrogens is 649 g/mol. The lowest BCUT2D eigenvalue weighted by Gasteiger charge is -2.55. The predicted octanol–water partition coefficient (Wildman–Crippen LogP) is 10.8. The molecule has 4 aliphatic rings. The van der Waals surface area contributed by atoms with Crippen LogP contribution in [0.2, 0.25) is 0 Å². The molecule has 0 atom stereocenters. The number of ether oxygens (including phenoxy) is 2. The van der Waals surface area contributed by atoms with Crippen molar-refractivity contribution in [3.63, 3.8) is 0 Å². The molecule has 52 heavy (non-hydrogen) atoms. The summed E-state index contributed by atoms with van der Waals surface area (Å²) in [5.74, 6) is 1.57. The lowest BCUT2D eigenvalue weighted by Crippen LogP contribution is -2.57. The quantitative estimate of drug-likeness (QED) is 0.171. The average Bonchev–Trinajstić information content (AvgIpc) is 3.08. The summed E-state index contributed by atoms with van der Waals surface area (Å²) in [6, 6.07) is 0.498. The van der Waals surface area contributed by atoms with E-state index >= 15 is 0 Å². The minimum absolute atomic E-state index is 0.00902. The minimum Gasteiger partial charge on any atom is -0.374 e. The molecule has 1 aromatic heterocycles. The SMILES string of the molecule is CCCCN(c1nc(NO)nc(N(CCCC)C2CC(C)(C)C(OC3CCCCC3)C(C)(C)C2)n1)C1CC(C)(C)C(OC2CCCCC2)C(C)(C)C1. The van der Waals surface area contributed by atoms with Crippen molar-refractivity contribution in [2.45, 2.75) is 221 Å². The van der Waals surface area contributed by atoms with Crippen molar-refractivity contribution >= 4 is 17.8 Å². The third-order valence-electron chi connectivity index (χ3n) is 13.3. The van der Waals surface area contributed by atoms with E-state index in [1.54, 1.807) is 0 Å². The summed E-state index contributed by atoms with van der Waals surface area (Å²) in [6.45, 7) is 25.6. The van der Waals surface area contributed by atoms with Gasteiger partial charge in [-0.2, -0.15) is 15.0 Å². The fourth-order valence-corrected chi connectivity index (χ4v) is 11.3. The highest BCUT2D eigenvalue weighted by Crippen LogP contribution is 2.52. The van der Waals surface area contributed by atoms with Crippen LogP contribution in [0.15, 0.2) is 0 Å². The van der Waals surface area contributed by atoms with E-state index in [2.05, 4.69) is 84.5 Å². The molecule has 4 saturated carbocycles. The molecule has 0 spiro atoms. The maximum Gasteiger partial charge on any atom is 0.253 e. The zero-order valence-corrected chi connectivity index (χ0v) is 35.1. The Balaban J connectivity index is 1.45. The van der Waals surface area contributed by atoms with E-state index in [1.807, 2.05) is 0 Å². The number of anilines is 3. The lowest BCUT2D eigenvalue weighted by atomic mass is 9.60. The van der Waals surface area contributed by atoms with Gasteiger partial charge in [-0.05, 0) is 85.9 Å². The molecule has 0 aliphatic heterocycles. The Morgan fingerprint density at radius 2 is 0.923 bits per heavy atom. The fourth-order valence-electron chi connectivity index (χ4n) is 11.3. The molecule has 298 valence electrons. The second-order valence-electron chi connectivity index (χ2n) is 20.1. The maximum absolute atomic E-state index is 10.4. The van der Waals surface area contributed by atoms with Gasteiger partial charge in [-0.1, -0.05) is 121 Å². The Morgan fingerprint density at radius 3 is 1.23 bits per heavy atom. The zero-order chi connectivity index (χ0) is 37.7. The number of nitrogens with one attached hydrogen (secondary N) is 1. The van der Waals surface area contributed by atoms with Gasteiger partial charge in [0.15, 0.2) is 0 Å². The Labute approximate surface area is 318 Å². The molecule has 0 saturated heterocycles. The first-order chi connectivity index (χ1) is 24.6. The van der Waals surface area contributed by atoms with E-state index in [4.69, 9.17) is 24.4 Å². The molecule has 0 aromatic carbocycles. The number of rotatable bonds is 15. The van der Waals surface area contributed by atoms with Crippen molar-refractivity contribution in [1.82, 2.24) is 15.0 Å². The topological polar surface area (TPSA) is 95.9 Å². The average molecular weight is 727 g/mol. The minimum atomic E-state index is -0.00902. The molecule has 9 heteroatoms. The van der Waals surface area contributed by atoms with Crippen LogP contribution >= 0.6 is 0 Å². The van der Waals surface area contributed by atoms with Crippen LogP contribution in [0.1, 0.15) is 185 Å². The van der Waals surface area contributed by atoms with Crippen LogP contribution in [0.5, 0.6) is 0 Å². The first-order valence-electron chi connectivity index (χ1n) is 21.6. The molecule has 4 fully saturated rings. The van der Waals surface area contributed by atoms with Crippen molar-refractivity contribution in [1.29, 1.82) is 0 Å². The molecule has 1 heterocycles. The Kier molecular flexibility index (Phi) is 13.9. The summed E-state index contributed by atoms with van der Waals surface area (Å²) in [4.78, 5) is 20.1. The van der Waals surface area contributed by atoms with E-state index in [1.165, 1.54) is 64.2 Å². The number of unbranched alkanes of at least 4 members (excludes halogenated alkanes) is 2. The van der Waals surface area contributed by atoms with Crippen molar-refractivity contribution in [3.8, 4) is 0 Å². The molecule has 0 unspecified atom stereocenters. The highest BCUT2D eigenvalue weighted by Gasteiger charge is 2.52. The molecule has 2 N–H and O–H groups in total. The number of hydrogen-bond acceptors (Lipinski definition) is 9. The third-order valence-corrected chi connectivity index (χ3v) is 13.3. The summed E-state index contributed by atoms with van der Waals surface area (Å²) in [5.41, 5.74) is 2.31. The van der Waals surface area contributed by atoms with Crippen LogP contribution < -0.4 is 15.3 Å². The highest BCUT2D eigenvalue weighted by molar-refractivity contribution is 5.46. The molecule has 5 rings (SSSR count). The molecule has 0 bridgehead atoms. The first kappa shape index (κ1) is 41.5. The van der Waals surface area contributed by atoms with Crippen molar-refractivity contribution in [2.75, 3.05) is 28.4 Å². The monoisotopic (exact) mass is 727 g/mol. The van der Waals surface area contributed by atoms with Crippen molar-refractivity contribution in [3.05, 3.63) is 0 Å². The van der Waals surface area contributed by atoms with E-state index in [0.717, 1.165) is 64.5 Å². The number of nitrogens with zero attached hydrogens (tertiary/aromatic N) is 5. The largest absolute Gasteiger partial charge is 0.374 e. The second kappa shape index (κ2) is 17.4. The van der Waals surface area contributed by atoms with Gasteiger partial charge in [0.1, 0.15) is 0 Å². The Morgan fingerprint density at radius 1 is 0.577 bits per heavy atom. The summed E-state index contributed by atoms with van der Waals surface area (Å²) in [6.07, 6.45) is 22.1. The van der Waals surface area contributed by atoms with Gasteiger partial charge >= 0.3 is 0 Å². The summed E-state index contributed by atoms with van der Waals surface area (Å²) in [5, 5.41) is 10.4. The van der Waals surface area contributed by atoms with Gasteiger partial charge in [0.05, 0.1) is 24.4 Å². The summed E-state index contributed by atoms with van der Waals surface area (Å²) in [7, 11) is 0. The second-order valence-corrected chi connectivity index (χ2v) is 20.1. The van der Waals surface area contributed by atoms with Crippen molar-refractivity contribution < 1.29 is 14.7 Å². The standard InChI is InChI=1S/C43H78N6O3/c1-11-13-25-48(31-27-40(3,4)35(41(5,6)28-31)51-33-21-17-15-18-22-33)38-44-37(47-50)45-39(46-38)49(26-14-12-2)32-29-42(7,8)36(43(9,10)30-32)52-34-23-19-16-20-24-34/h31-36,50H,11-30H2,1-10H3,(H,44,45,46,47). The third kappa shape index (κ3) is 9.93. The summed E-state index contributed by atoms with van der Waals surface area (Å²) < 4.78 is 14.1. The van der Waals surface area contributed by atoms with Crippen LogP contribution in [0.3, 0.4) is 0 Å². The predicted molar refractivity (Wildman–Crippen MR) is 214 cm³/mol. The molecule has 0 amide bonds. The Hall–Kier alpha value is -1.71. The Bertz CT molecular complexity index is 1130. The van der Waals surface area contributed by atoms with Gasteiger partial charge in [-0.15, -0.1) is 0 Å². The van der Waals surface area contributed by atoms with Crippen LogP contribution in [-0.2, 0) is 9.47 Å². The van der Waals surface area contributed by atoms with Crippen LogP contribution in [-0.4, -0.2) is 69.7 Å². The van der Waals surface area contributed by atoms with Gasteiger partial charge in [-0.25, -0.2) is 5.48 Å². The smallest absolute Gasteiger partial charge is 0.253 e. The lowest BCUT2D eigenvalue weighted by molar-refractivity contribution is -0.160. The molecule has 9 nitrogen and oxygen atoms in total. The maximum atomic E-state index is 10.4. The number of aromatic nitrogens is 3. The van der Waals surface area contributed by atoms with Gasteiger partial charge in [0, 0.05) is 25.2 Å². The van der Waals surface area contributed by atoms with E-state index in [9.17, 15) is 5.21 Å². The molecule has 4 aliphatic carbocycles. The van der Waals surface area contributed by atoms with Crippen LogP contribution in [0.4, 0.5) is 17.8 Å². The number of hydrogen-bond donors (Lipinski definition) is 2. The molecular formula is C43H78N6O3. The van der Waals surface area contributed by atoms with Gasteiger partial charge in [0.25, 0.3) is 5.95 Å². The first-order valence-corrected chi connectivity index (χ1v) is 21.6. The van der Waals surface area contributed by atoms with Gasteiger partial charge < -0.3 is 19.3 Å². The molecule has 1 aromatic rings. The van der Waals surface area contributed by atoms with E-state index < -0.39 is 0 Å². The van der Waals surface area contributed by atoms with Gasteiger partial charge in [-0.3, -0.25) is 5.21 Å². The van der Waals surface area contributed by atoms with Crippen LogP contribution in [0.25, 0.3) is 0 Å².